The normalized spacial score (nSPS) is 15.3. The monoisotopic (exact) mass is 369 g/mol. The van der Waals surface area contributed by atoms with Gasteiger partial charge in [0.25, 0.3) is 0 Å². The van der Waals surface area contributed by atoms with Gasteiger partial charge in [-0.3, -0.25) is 4.79 Å². The molecule has 1 N–H and O–H groups in total. The Morgan fingerprint density at radius 3 is 2.78 bits per heavy atom. The maximum Gasteiger partial charge on any atom is 0.219 e. The summed E-state index contributed by atoms with van der Waals surface area (Å²) in [5.74, 6) is 2.29. The zero-order chi connectivity index (χ0) is 18.9. The number of amides is 1. The Morgan fingerprint density at radius 1 is 1.15 bits per heavy atom. The fourth-order valence-electron chi connectivity index (χ4n) is 4.29. The molecule has 1 saturated carbocycles. The molecular weight excluding hydrogens is 334 g/mol. The van der Waals surface area contributed by atoms with Crippen LogP contribution in [0.25, 0.3) is 11.0 Å². The third-order valence-electron chi connectivity index (χ3n) is 5.94. The fourth-order valence-corrected chi connectivity index (χ4v) is 4.29. The first-order valence-electron chi connectivity index (χ1n) is 11.0. The summed E-state index contributed by atoms with van der Waals surface area (Å²) >= 11 is 0. The average Bonchev–Trinajstić information content (AvgIpc) is 3.07. The molecule has 0 bridgehead atoms. The fraction of sp³-hybridized carbons (Fsp3) is 0.652. The Kier molecular flexibility index (Phi) is 7.73. The summed E-state index contributed by atoms with van der Waals surface area (Å²) in [5, 5.41) is 2.96. The van der Waals surface area contributed by atoms with Gasteiger partial charge in [-0.05, 0) is 37.3 Å². The molecule has 0 atom stereocenters. The molecule has 0 spiro atoms. The van der Waals surface area contributed by atoms with E-state index in [1.165, 1.54) is 49.9 Å². The maximum absolute atomic E-state index is 11.3. The van der Waals surface area contributed by atoms with E-state index in [1.54, 1.807) is 0 Å². The Morgan fingerprint density at radius 2 is 1.96 bits per heavy atom. The molecule has 3 rings (SSSR count). The number of fused-ring (bicyclic) bond motifs is 1. The second-order valence-corrected chi connectivity index (χ2v) is 7.98. The van der Waals surface area contributed by atoms with Crippen molar-refractivity contribution in [3.63, 3.8) is 0 Å². The summed E-state index contributed by atoms with van der Waals surface area (Å²) in [4.78, 5) is 16.2. The lowest BCUT2D eigenvalue weighted by molar-refractivity contribution is -0.120. The summed E-state index contributed by atoms with van der Waals surface area (Å²) in [6.07, 6.45) is 13.3. The van der Waals surface area contributed by atoms with E-state index in [0.717, 1.165) is 50.2 Å². The molecular formula is C23H35N3O. The molecule has 1 fully saturated rings. The second-order valence-electron chi connectivity index (χ2n) is 7.98. The molecule has 1 aromatic carbocycles. The highest BCUT2D eigenvalue weighted by Gasteiger charge is 2.16. The van der Waals surface area contributed by atoms with Crippen LogP contribution in [0.2, 0.25) is 0 Å². The predicted octanol–water partition coefficient (Wildman–Crippen LogP) is 5.25. The molecule has 1 aliphatic carbocycles. The van der Waals surface area contributed by atoms with Gasteiger partial charge in [-0.2, -0.15) is 0 Å². The van der Waals surface area contributed by atoms with Gasteiger partial charge in [0.2, 0.25) is 5.91 Å². The van der Waals surface area contributed by atoms with Gasteiger partial charge in [-0.15, -0.1) is 0 Å². The van der Waals surface area contributed by atoms with Crippen LogP contribution >= 0.6 is 0 Å². The van der Waals surface area contributed by atoms with Crippen molar-refractivity contribution >= 4 is 16.9 Å². The number of aromatic nitrogens is 2. The van der Waals surface area contributed by atoms with Gasteiger partial charge in [-0.25, -0.2) is 4.98 Å². The number of imidazole rings is 1. The number of nitrogens with one attached hydrogen (secondary N) is 1. The molecule has 2 aromatic rings. The predicted molar refractivity (Wildman–Crippen MR) is 112 cm³/mol. The first-order valence-corrected chi connectivity index (χ1v) is 11.0. The van der Waals surface area contributed by atoms with E-state index in [4.69, 9.17) is 4.98 Å². The van der Waals surface area contributed by atoms with E-state index >= 15 is 0 Å². The number of benzene rings is 1. The highest BCUT2D eigenvalue weighted by Crippen LogP contribution is 2.28. The van der Waals surface area contributed by atoms with E-state index in [2.05, 4.69) is 34.1 Å². The summed E-state index contributed by atoms with van der Waals surface area (Å²) < 4.78 is 2.47. The molecule has 4 nitrogen and oxygen atoms in total. The molecule has 0 saturated heterocycles. The van der Waals surface area contributed by atoms with E-state index in [0.29, 0.717) is 6.42 Å². The lowest BCUT2D eigenvalue weighted by Crippen LogP contribution is -2.23. The number of carbonyl (C=O) groups excluding carboxylic acids is 1. The summed E-state index contributed by atoms with van der Waals surface area (Å²) in [5.41, 5.74) is 2.42. The second kappa shape index (κ2) is 10.5. The molecule has 0 aliphatic heterocycles. The summed E-state index contributed by atoms with van der Waals surface area (Å²) in [6, 6.07) is 8.56. The number of para-hydroxylation sites is 2. The zero-order valence-corrected chi connectivity index (χ0v) is 16.9. The molecule has 4 heteroatoms. The van der Waals surface area contributed by atoms with Gasteiger partial charge in [0.15, 0.2) is 0 Å². The summed E-state index contributed by atoms with van der Waals surface area (Å²) in [6.45, 7) is 3.80. The van der Waals surface area contributed by atoms with Crippen molar-refractivity contribution < 1.29 is 4.79 Å². The standard InChI is InChI=1S/C23H35N3O/c1-2-23(27)24-17-10-4-7-15-22-25-20-13-8-9-14-21(20)26(22)18-16-19-11-5-3-6-12-19/h8-9,13-14,19H,2-7,10-12,15-18H2,1H3,(H,24,27). The van der Waals surface area contributed by atoms with E-state index < -0.39 is 0 Å². The van der Waals surface area contributed by atoms with Gasteiger partial charge in [0, 0.05) is 25.9 Å². The number of nitrogens with zero attached hydrogens (tertiary/aromatic N) is 2. The van der Waals surface area contributed by atoms with Crippen molar-refractivity contribution in [2.45, 2.75) is 84.1 Å². The van der Waals surface area contributed by atoms with Crippen molar-refractivity contribution in [1.29, 1.82) is 0 Å². The van der Waals surface area contributed by atoms with E-state index in [-0.39, 0.29) is 5.91 Å². The van der Waals surface area contributed by atoms with Crippen molar-refractivity contribution in [3.8, 4) is 0 Å². The molecule has 1 aromatic heterocycles. The molecule has 27 heavy (non-hydrogen) atoms. The number of unbranched alkanes of at least 4 members (excludes halogenated alkanes) is 2. The molecule has 0 unspecified atom stereocenters. The first kappa shape index (κ1) is 19.9. The van der Waals surface area contributed by atoms with Gasteiger partial charge in [0.1, 0.15) is 5.82 Å². The zero-order valence-electron chi connectivity index (χ0n) is 16.9. The topological polar surface area (TPSA) is 46.9 Å². The van der Waals surface area contributed by atoms with Crippen LogP contribution in [0.5, 0.6) is 0 Å². The van der Waals surface area contributed by atoms with Crippen LogP contribution in [0, 0.1) is 5.92 Å². The van der Waals surface area contributed by atoms with E-state index in [9.17, 15) is 4.79 Å². The number of carbonyl (C=O) groups is 1. The SMILES string of the molecule is CCC(=O)NCCCCCc1nc2ccccc2n1CCC1CCCCC1. The molecule has 1 aliphatic rings. The minimum atomic E-state index is 0.152. The molecule has 1 amide bonds. The Hall–Kier alpha value is -1.84. The highest BCUT2D eigenvalue weighted by atomic mass is 16.1. The number of rotatable bonds is 10. The quantitative estimate of drug-likeness (QED) is 0.582. The molecule has 148 valence electrons. The van der Waals surface area contributed by atoms with E-state index in [1.807, 2.05) is 6.92 Å². The maximum atomic E-state index is 11.3. The van der Waals surface area contributed by atoms with Gasteiger partial charge >= 0.3 is 0 Å². The number of hydrogen-bond donors (Lipinski definition) is 1. The number of hydrogen-bond acceptors (Lipinski definition) is 2. The van der Waals surface area contributed by atoms with Crippen LogP contribution in [0.15, 0.2) is 24.3 Å². The average molecular weight is 370 g/mol. The van der Waals surface area contributed by atoms with Gasteiger partial charge in [-0.1, -0.05) is 57.6 Å². The van der Waals surface area contributed by atoms with Gasteiger partial charge < -0.3 is 9.88 Å². The molecule has 0 radical (unpaired) electrons. The minimum Gasteiger partial charge on any atom is -0.356 e. The van der Waals surface area contributed by atoms with Crippen molar-refractivity contribution in [2.24, 2.45) is 5.92 Å². The largest absolute Gasteiger partial charge is 0.356 e. The third kappa shape index (κ3) is 5.82. The van der Waals surface area contributed by atoms with Crippen LogP contribution in [0.1, 0.15) is 77.0 Å². The first-order chi connectivity index (χ1) is 13.3. The molecule has 1 heterocycles. The van der Waals surface area contributed by atoms with Crippen LogP contribution in [0.4, 0.5) is 0 Å². The van der Waals surface area contributed by atoms with Crippen molar-refractivity contribution in [1.82, 2.24) is 14.9 Å². The Labute approximate surface area is 163 Å². The van der Waals surface area contributed by atoms with Crippen molar-refractivity contribution in [3.05, 3.63) is 30.1 Å². The Bertz CT molecular complexity index is 715. The van der Waals surface area contributed by atoms with Crippen LogP contribution in [0.3, 0.4) is 0 Å². The third-order valence-corrected chi connectivity index (χ3v) is 5.94. The lowest BCUT2D eigenvalue weighted by Gasteiger charge is -2.22. The van der Waals surface area contributed by atoms with Crippen LogP contribution in [-0.4, -0.2) is 22.0 Å². The lowest BCUT2D eigenvalue weighted by atomic mass is 9.87. The smallest absolute Gasteiger partial charge is 0.219 e. The number of aryl methyl sites for hydroxylation is 2. The minimum absolute atomic E-state index is 0.152. The van der Waals surface area contributed by atoms with Crippen LogP contribution in [-0.2, 0) is 17.8 Å². The Balaban J connectivity index is 1.54. The van der Waals surface area contributed by atoms with Crippen LogP contribution < -0.4 is 5.32 Å². The van der Waals surface area contributed by atoms with Crippen molar-refractivity contribution in [2.75, 3.05) is 6.54 Å². The summed E-state index contributed by atoms with van der Waals surface area (Å²) in [7, 11) is 0. The highest BCUT2D eigenvalue weighted by molar-refractivity contribution is 5.76. The van der Waals surface area contributed by atoms with Gasteiger partial charge in [0.05, 0.1) is 11.0 Å².